The Morgan fingerprint density at radius 1 is 0.800 bits per heavy atom. The minimum absolute atomic E-state index is 0.229. The summed E-state index contributed by atoms with van der Waals surface area (Å²) in [5.41, 5.74) is 4.41. The lowest BCUT2D eigenvalue weighted by Crippen LogP contribution is -2.47. The van der Waals surface area contributed by atoms with E-state index in [9.17, 15) is 0 Å². The number of rotatable bonds is 14. The van der Waals surface area contributed by atoms with Gasteiger partial charge in [-0.1, -0.05) is 48.5 Å². The number of hydrogen-bond donors (Lipinski definition) is 3. The number of piperazine rings is 1. The van der Waals surface area contributed by atoms with Crippen LogP contribution in [-0.4, -0.2) is 87.3 Å². The molecule has 3 aromatic carbocycles. The lowest BCUT2D eigenvalue weighted by Gasteiger charge is -2.34. The van der Waals surface area contributed by atoms with Crippen LogP contribution >= 0.6 is 0 Å². The molecular weight excluding hydrogens is 566 g/mol. The maximum absolute atomic E-state index is 9.12. The smallest absolute Gasteiger partial charge is 0.227 e. The van der Waals surface area contributed by atoms with Crippen LogP contribution < -0.4 is 14.8 Å². The number of aliphatic hydroxyl groups excluding tert-OH is 1. The topological polar surface area (TPSA) is 112 Å². The molecule has 3 N–H and O–H groups in total. The fraction of sp³-hybridized carbons (Fsp3) is 0.286. The monoisotopic (exact) mass is 605 g/mol. The van der Waals surface area contributed by atoms with Crippen molar-refractivity contribution in [2.45, 2.75) is 13.0 Å². The minimum Gasteiger partial charge on any atom is -0.493 e. The maximum Gasteiger partial charge on any atom is 0.227 e. The number of aromatic amines is 1. The summed E-state index contributed by atoms with van der Waals surface area (Å²) >= 11 is 0. The highest BCUT2D eigenvalue weighted by molar-refractivity contribution is 5.64. The van der Waals surface area contributed by atoms with Crippen LogP contribution in [0.2, 0.25) is 0 Å². The third-order valence-corrected chi connectivity index (χ3v) is 7.72. The number of hydrogen-bond acceptors (Lipinski definition) is 9. The fourth-order valence-corrected chi connectivity index (χ4v) is 5.29. The number of anilines is 2. The highest BCUT2D eigenvalue weighted by Gasteiger charge is 2.16. The Morgan fingerprint density at radius 2 is 1.58 bits per heavy atom. The van der Waals surface area contributed by atoms with Gasteiger partial charge in [0.15, 0.2) is 0 Å². The Hall–Kier alpha value is -4.77. The Labute approximate surface area is 263 Å². The first-order chi connectivity index (χ1) is 22.2. The fourth-order valence-electron chi connectivity index (χ4n) is 5.29. The van der Waals surface area contributed by atoms with E-state index in [1.165, 1.54) is 0 Å². The van der Waals surface area contributed by atoms with Crippen LogP contribution in [0, 0.1) is 0 Å². The number of imidazole rings is 1. The van der Waals surface area contributed by atoms with Crippen LogP contribution in [0.3, 0.4) is 0 Å². The van der Waals surface area contributed by atoms with E-state index in [1.54, 1.807) is 12.4 Å². The van der Waals surface area contributed by atoms with Crippen molar-refractivity contribution in [1.29, 1.82) is 0 Å². The van der Waals surface area contributed by atoms with Gasteiger partial charge in [-0.25, -0.2) is 15.0 Å². The predicted octanol–water partition coefficient (Wildman–Crippen LogP) is 5.24. The van der Waals surface area contributed by atoms with Gasteiger partial charge in [0.05, 0.1) is 30.8 Å². The summed E-state index contributed by atoms with van der Waals surface area (Å²) in [7, 11) is 0. The highest BCUT2D eigenvalue weighted by Crippen LogP contribution is 2.26. The molecule has 0 spiro atoms. The molecule has 2 aromatic heterocycles. The summed E-state index contributed by atoms with van der Waals surface area (Å²) in [6.07, 6.45) is 4.47. The first-order valence-electron chi connectivity index (χ1n) is 15.4. The summed E-state index contributed by atoms with van der Waals surface area (Å²) in [6.45, 7) is 7.26. The molecule has 0 unspecified atom stereocenters. The van der Waals surface area contributed by atoms with Crippen molar-refractivity contribution < 1.29 is 14.6 Å². The van der Waals surface area contributed by atoms with Crippen molar-refractivity contribution in [2.75, 3.05) is 57.8 Å². The number of β-amino-alcohol motifs (C(OH)–C–C–N with tert-alkyl or cyclic N) is 1. The van der Waals surface area contributed by atoms with Crippen molar-refractivity contribution in [3.63, 3.8) is 0 Å². The zero-order chi connectivity index (χ0) is 30.7. The van der Waals surface area contributed by atoms with Gasteiger partial charge in [0.1, 0.15) is 23.9 Å². The number of nitrogens with one attached hydrogen (secondary N) is 2. The van der Waals surface area contributed by atoms with Crippen LogP contribution in [0.15, 0.2) is 97.3 Å². The van der Waals surface area contributed by atoms with Gasteiger partial charge in [0.25, 0.3) is 0 Å². The van der Waals surface area contributed by atoms with E-state index in [-0.39, 0.29) is 6.61 Å². The third kappa shape index (κ3) is 8.66. The minimum atomic E-state index is 0.229. The molecule has 10 heteroatoms. The molecule has 0 aliphatic carbocycles. The number of nitrogens with zero attached hydrogens (tertiary/aromatic N) is 5. The standard InChI is InChI=1S/C35H39N7O3/c43-21-20-42-18-16-41(17-19-42)15-6-22-44-31-12-5-10-29(24-31)38-35-36-14-13-32(40-35)33-25-37-34(39-33)28-9-4-11-30(23-28)45-26-27-7-2-1-3-8-27/h1-5,7-14,23-25,43H,6,15-22,26H2,(H,37,39)(H,36,38,40). The van der Waals surface area contributed by atoms with Gasteiger partial charge in [-0.05, 0) is 42.3 Å². The Bertz CT molecular complexity index is 1640. The van der Waals surface area contributed by atoms with Crippen LogP contribution in [0.4, 0.5) is 11.6 Å². The van der Waals surface area contributed by atoms with Gasteiger partial charge in [-0.3, -0.25) is 4.90 Å². The predicted molar refractivity (Wildman–Crippen MR) is 176 cm³/mol. The van der Waals surface area contributed by atoms with Crippen molar-refractivity contribution in [2.24, 2.45) is 0 Å². The second-order valence-corrected chi connectivity index (χ2v) is 11.0. The van der Waals surface area contributed by atoms with E-state index in [0.717, 1.165) is 91.2 Å². The molecule has 1 saturated heterocycles. The third-order valence-electron chi connectivity index (χ3n) is 7.72. The molecule has 1 aliphatic rings. The molecule has 232 valence electrons. The second kappa shape index (κ2) is 15.3. The molecule has 0 atom stereocenters. The lowest BCUT2D eigenvalue weighted by atomic mass is 10.2. The molecule has 5 aromatic rings. The van der Waals surface area contributed by atoms with Crippen molar-refractivity contribution in [3.8, 4) is 34.3 Å². The lowest BCUT2D eigenvalue weighted by molar-refractivity contribution is 0.108. The molecule has 1 aliphatic heterocycles. The molecule has 45 heavy (non-hydrogen) atoms. The maximum atomic E-state index is 9.12. The molecule has 10 nitrogen and oxygen atoms in total. The Morgan fingerprint density at radius 3 is 2.40 bits per heavy atom. The van der Waals surface area contributed by atoms with Crippen molar-refractivity contribution >= 4 is 11.6 Å². The molecule has 3 heterocycles. The van der Waals surface area contributed by atoms with E-state index in [1.807, 2.05) is 84.9 Å². The Kier molecular flexibility index (Phi) is 10.3. The van der Waals surface area contributed by atoms with Gasteiger partial charge in [0, 0.05) is 62.8 Å². The molecular formula is C35H39N7O3. The molecule has 1 fully saturated rings. The number of aromatic nitrogens is 4. The van der Waals surface area contributed by atoms with Gasteiger partial charge in [-0.2, -0.15) is 0 Å². The largest absolute Gasteiger partial charge is 0.493 e. The molecule has 0 saturated carbocycles. The summed E-state index contributed by atoms with van der Waals surface area (Å²) in [4.78, 5) is 21.9. The number of aliphatic hydroxyl groups is 1. The van der Waals surface area contributed by atoms with E-state index in [0.29, 0.717) is 19.2 Å². The van der Waals surface area contributed by atoms with Gasteiger partial charge in [0.2, 0.25) is 5.95 Å². The SMILES string of the molecule is OCCN1CCN(CCCOc2cccc(Nc3nccc(-c4cnc(-c5cccc(OCc6ccccc6)c5)[nH]4)n3)c2)CC1. The second-order valence-electron chi connectivity index (χ2n) is 11.0. The van der Waals surface area contributed by atoms with Crippen molar-refractivity contribution in [3.05, 3.63) is 103 Å². The first kappa shape index (κ1) is 30.3. The van der Waals surface area contributed by atoms with E-state index in [2.05, 4.69) is 30.1 Å². The zero-order valence-electron chi connectivity index (χ0n) is 25.3. The summed E-state index contributed by atoms with van der Waals surface area (Å²) < 4.78 is 12.0. The molecule has 0 radical (unpaired) electrons. The van der Waals surface area contributed by atoms with E-state index < -0.39 is 0 Å². The Balaban J connectivity index is 1.02. The average molecular weight is 606 g/mol. The number of benzene rings is 3. The average Bonchev–Trinajstić information content (AvgIpc) is 3.59. The van der Waals surface area contributed by atoms with Gasteiger partial charge in [-0.15, -0.1) is 0 Å². The van der Waals surface area contributed by atoms with E-state index in [4.69, 9.17) is 19.6 Å². The summed E-state index contributed by atoms with van der Waals surface area (Å²) in [6, 6.07) is 27.7. The first-order valence-corrected chi connectivity index (χ1v) is 15.4. The molecule has 0 bridgehead atoms. The van der Waals surface area contributed by atoms with E-state index >= 15 is 0 Å². The van der Waals surface area contributed by atoms with Crippen LogP contribution in [0.1, 0.15) is 12.0 Å². The number of H-pyrrole nitrogens is 1. The van der Waals surface area contributed by atoms with Crippen LogP contribution in [0.5, 0.6) is 11.5 Å². The summed E-state index contributed by atoms with van der Waals surface area (Å²) in [5, 5.41) is 12.4. The highest BCUT2D eigenvalue weighted by atomic mass is 16.5. The van der Waals surface area contributed by atoms with Gasteiger partial charge < -0.3 is 29.8 Å². The molecule has 0 amide bonds. The molecule has 6 rings (SSSR count). The normalized spacial score (nSPS) is 13.9. The van der Waals surface area contributed by atoms with Gasteiger partial charge >= 0.3 is 0 Å². The number of ether oxygens (including phenoxy) is 2. The zero-order valence-corrected chi connectivity index (χ0v) is 25.3. The summed E-state index contributed by atoms with van der Waals surface area (Å²) in [5.74, 6) is 2.80. The van der Waals surface area contributed by atoms with Crippen molar-refractivity contribution in [1.82, 2.24) is 29.7 Å². The van der Waals surface area contributed by atoms with Crippen LogP contribution in [0.25, 0.3) is 22.8 Å². The van der Waals surface area contributed by atoms with Crippen LogP contribution in [-0.2, 0) is 6.61 Å². The quantitative estimate of drug-likeness (QED) is 0.146.